The average Bonchev–Trinajstić information content (AvgIpc) is 2.50. The van der Waals surface area contributed by atoms with E-state index in [0.29, 0.717) is 11.4 Å². The van der Waals surface area contributed by atoms with Gasteiger partial charge in [-0.1, -0.05) is 19.1 Å². The Labute approximate surface area is 118 Å². The van der Waals surface area contributed by atoms with Crippen LogP contribution in [0.3, 0.4) is 0 Å². The minimum atomic E-state index is -0.383. The minimum absolute atomic E-state index is 0.224. The van der Waals surface area contributed by atoms with Gasteiger partial charge in [-0.15, -0.1) is 0 Å². The molecule has 0 bridgehead atoms. The van der Waals surface area contributed by atoms with Gasteiger partial charge in [0.05, 0.1) is 13.2 Å². The van der Waals surface area contributed by atoms with Gasteiger partial charge in [0, 0.05) is 18.0 Å². The van der Waals surface area contributed by atoms with E-state index in [-0.39, 0.29) is 17.6 Å². The van der Waals surface area contributed by atoms with Crippen LogP contribution in [0, 0.1) is 5.82 Å². The molecule has 0 fully saturated rings. The maximum Gasteiger partial charge on any atom is 0.170 e. The topological polar surface area (TPSA) is 47.0 Å². The summed E-state index contributed by atoms with van der Waals surface area (Å²) in [5.74, 6) is 0.394. The first kappa shape index (κ1) is 14.4. The van der Waals surface area contributed by atoms with E-state index in [1.54, 1.807) is 36.7 Å². The van der Waals surface area contributed by atoms with E-state index in [2.05, 4.69) is 22.2 Å². The maximum atomic E-state index is 14.4. The highest BCUT2D eigenvalue weighted by molar-refractivity contribution is 5.35. The minimum Gasteiger partial charge on any atom is -0.494 e. The van der Waals surface area contributed by atoms with Crippen LogP contribution in [-0.4, -0.2) is 23.6 Å². The Balaban J connectivity index is 2.41. The van der Waals surface area contributed by atoms with Crippen molar-refractivity contribution in [3.63, 3.8) is 0 Å². The molecular weight excluding hydrogens is 257 g/mol. The second-order valence-corrected chi connectivity index (χ2v) is 4.36. The number of ether oxygens (including phenoxy) is 1. The van der Waals surface area contributed by atoms with Gasteiger partial charge >= 0.3 is 0 Å². The lowest BCUT2D eigenvalue weighted by molar-refractivity contribution is 0.381. The highest BCUT2D eigenvalue weighted by atomic mass is 19.1. The summed E-state index contributed by atoms with van der Waals surface area (Å²) in [7, 11) is 1.45. The molecule has 0 saturated carbocycles. The molecule has 2 aromatic rings. The second-order valence-electron chi connectivity index (χ2n) is 4.36. The summed E-state index contributed by atoms with van der Waals surface area (Å²) >= 11 is 0. The molecule has 0 aliphatic carbocycles. The molecule has 1 heterocycles. The normalized spacial score (nSPS) is 12.2. The molecule has 0 aliphatic rings. The average molecular weight is 275 g/mol. The lowest BCUT2D eigenvalue weighted by atomic mass is 10.0. The Morgan fingerprint density at radius 2 is 2.00 bits per heavy atom. The van der Waals surface area contributed by atoms with Crippen molar-refractivity contribution in [2.75, 3.05) is 13.7 Å². The summed E-state index contributed by atoms with van der Waals surface area (Å²) in [4.78, 5) is 8.45. The largest absolute Gasteiger partial charge is 0.494 e. The molecule has 1 unspecified atom stereocenters. The van der Waals surface area contributed by atoms with Crippen molar-refractivity contribution in [3.05, 3.63) is 53.9 Å². The molecular formula is C15H18FN3O. The molecule has 1 N–H and O–H groups in total. The van der Waals surface area contributed by atoms with Crippen molar-refractivity contribution in [1.82, 2.24) is 15.3 Å². The Kier molecular flexibility index (Phi) is 5.01. The fourth-order valence-corrected chi connectivity index (χ4v) is 2.00. The van der Waals surface area contributed by atoms with Crippen molar-refractivity contribution in [2.45, 2.75) is 19.4 Å². The molecule has 1 aromatic heterocycles. The molecule has 0 aliphatic heterocycles. The first-order valence-corrected chi connectivity index (χ1v) is 6.60. The lowest BCUT2D eigenvalue weighted by Crippen LogP contribution is -2.26. The van der Waals surface area contributed by atoms with Gasteiger partial charge in [-0.3, -0.25) is 0 Å². The number of benzene rings is 1. The third-order valence-electron chi connectivity index (χ3n) is 2.97. The number of nitrogens with zero attached hydrogens (tertiary/aromatic N) is 2. The number of halogens is 1. The number of hydrogen-bond donors (Lipinski definition) is 1. The van der Waals surface area contributed by atoms with Crippen molar-refractivity contribution >= 4 is 0 Å². The van der Waals surface area contributed by atoms with Crippen LogP contribution in [0.1, 0.15) is 30.8 Å². The van der Waals surface area contributed by atoms with Gasteiger partial charge < -0.3 is 10.1 Å². The Hall–Kier alpha value is -2.01. The standard InChI is InChI=1S/C15H18FN3O/c1-3-8-17-14(15-18-9-5-10-19-15)11-6-4-7-12(20-2)13(11)16/h4-7,9-10,14,17H,3,8H2,1-2H3. The molecule has 106 valence electrons. The zero-order valence-corrected chi connectivity index (χ0v) is 11.6. The van der Waals surface area contributed by atoms with E-state index < -0.39 is 0 Å². The highest BCUT2D eigenvalue weighted by Crippen LogP contribution is 2.27. The molecule has 20 heavy (non-hydrogen) atoms. The maximum absolute atomic E-state index is 14.4. The Bertz CT molecular complexity index is 548. The van der Waals surface area contributed by atoms with E-state index in [9.17, 15) is 4.39 Å². The Morgan fingerprint density at radius 1 is 1.25 bits per heavy atom. The van der Waals surface area contributed by atoms with Crippen LogP contribution in [0.25, 0.3) is 0 Å². The van der Waals surface area contributed by atoms with E-state index in [4.69, 9.17) is 4.74 Å². The molecule has 0 amide bonds. The first-order valence-electron chi connectivity index (χ1n) is 6.60. The summed E-state index contributed by atoms with van der Waals surface area (Å²) in [6.07, 6.45) is 4.25. The number of nitrogens with one attached hydrogen (secondary N) is 1. The first-order chi connectivity index (χ1) is 9.77. The van der Waals surface area contributed by atoms with Gasteiger partial charge in [-0.2, -0.15) is 0 Å². The number of methoxy groups -OCH3 is 1. The van der Waals surface area contributed by atoms with Crippen molar-refractivity contribution < 1.29 is 9.13 Å². The van der Waals surface area contributed by atoms with Gasteiger partial charge in [0.15, 0.2) is 11.6 Å². The van der Waals surface area contributed by atoms with Gasteiger partial charge in [0.1, 0.15) is 5.82 Å². The molecule has 0 spiro atoms. The van der Waals surface area contributed by atoms with Gasteiger partial charge in [0.2, 0.25) is 0 Å². The molecule has 5 heteroatoms. The van der Waals surface area contributed by atoms with Crippen LogP contribution in [0.15, 0.2) is 36.7 Å². The predicted octanol–water partition coefficient (Wildman–Crippen LogP) is 2.71. The van der Waals surface area contributed by atoms with Gasteiger partial charge in [0.25, 0.3) is 0 Å². The third kappa shape index (κ3) is 3.11. The quantitative estimate of drug-likeness (QED) is 0.880. The number of rotatable bonds is 6. The molecule has 2 rings (SSSR count). The Morgan fingerprint density at radius 3 is 2.65 bits per heavy atom. The summed E-state index contributed by atoms with van der Waals surface area (Å²) in [6.45, 7) is 2.80. The van der Waals surface area contributed by atoms with E-state index in [1.807, 2.05) is 0 Å². The van der Waals surface area contributed by atoms with Crippen LogP contribution in [0.2, 0.25) is 0 Å². The van der Waals surface area contributed by atoms with Crippen LogP contribution >= 0.6 is 0 Å². The molecule has 0 saturated heterocycles. The van der Waals surface area contributed by atoms with Crippen molar-refractivity contribution in [3.8, 4) is 5.75 Å². The van der Waals surface area contributed by atoms with Crippen molar-refractivity contribution in [1.29, 1.82) is 0 Å². The van der Waals surface area contributed by atoms with Crippen LogP contribution < -0.4 is 10.1 Å². The van der Waals surface area contributed by atoms with Crippen LogP contribution in [0.4, 0.5) is 4.39 Å². The van der Waals surface area contributed by atoms with Gasteiger partial charge in [-0.05, 0) is 25.1 Å². The summed E-state index contributed by atoms with van der Waals surface area (Å²) < 4.78 is 19.4. The lowest BCUT2D eigenvalue weighted by Gasteiger charge is -2.19. The van der Waals surface area contributed by atoms with Crippen LogP contribution in [-0.2, 0) is 0 Å². The summed E-state index contributed by atoms with van der Waals surface area (Å²) in [5.41, 5.74) is 0.490. The van der Waals surface area contributed by atoms with E-state index in [0.717, 1.165) is 13.0 Å². The summed E-state index contributed by atoms with van der Waals surface area (Å²) in [6, 6.07) is 6.44. The SMILES string of the molecule is CCCNC(c1ncccn1)c1cccc(OC)c1F. The number of hydrogen-bond acceptors (Lipinski definition) is 4. The molecule has 1 aromatic carbocycles. The van der Waals surface area contributed by atoms with Crippen LogP contribution in [0.5, 0.6) is 5.75 Å². The third-order valence-corrected chi connectivity index (χ3v) is 2.97. The number of aromatic nitrogens is 2. The predicted molar refractivity (Wildman–Crippen MR) is 75.1 cm³/mol. The fourth-order valence-electron chi connectivity index (χ4n) is 2.00. The van der Waals surface area contributed by atoms with Crippen molar-refractivity contribution in [2.24, 2.45) is 0 Å². The van der Waals surface area contributed by atoms with Gasteiger partial charge in [-0.25, -0.2) is 14.4 Å². The van der Waals surface area contributed by atoms with E-state index in [1.165, 1.54) is 7.11 Å². The van der Waals surface area contributed by atoms with E-state index >= 15 is 0 Å². The monoisotopic (exact) mass is 275 g/mol. The molecule has 4 nitrogen and oxygen atoms in total. The molecule has 1 atom stereocenters. The highest BCUT2D eigenvalue weighted by Gasteiger charge is 2.21. The zero-order valence-electron chi connectivity index (χ0n) is 11.6. The second kappa shape index (κ2) is 6.96. The smallest absolute Gasteiger partial charge is 0.170 e. The summed E-state index contributed by atoms with van der Waals surface area (Å²) in [5, 5.41) is 3.27. The fraction of sp³-hybridized carbons (Fsp3) is 0.333. The molecule has 0 radical (unpaired) electrons. The zero-order chi connectivity index (χ0) is 14.4.